The Balaban J connectivity index is 2.61. The largest absolute Gasteiger partial charge is 0.483 e. The van der Waals surface area contributed by atoms with Crippen molar-refractivity contribution in [2.75, 3.05) is 26.8 Å². The third-order valence-corrected chi connectivity index (χ3v) is 4.10. The van der Waals surface area contributed by atoms with Gasteiger partial charge in [0.05, 0.1) is 13.5 Å². The Hall–Kier alpha value is -2.04. The molecule has 0 N–H and O–H groups in total. The van der Waals surface area contributed by atoms with Crippen LogP contribution in [0.2, 0.25) is 0 Å². The van der Waals surface area contributed by atoms with E-state index in [4.69, 9.17) is 4.74 Å². The molecular weight excluding hydrogens is 306 g/mol. The number of benzene rings is 1. The standard InChI is InChI=1S/C19H29NO4/c1-5-6-7-12-20(13-11-19(22)23-4)18(21)14-24-17-10-8-9-15(2)16(17)3/h8-10H,5-7,11-14H2,1-4H3. The van der Waals surface area contributed by atoms with E-state index in [1.807, 2.05) is 32.0 Å². The van der Waals surface area contributed by atoms with Crippen LogP contribution in [-0.4, -0.2) is 43.6 Å². The zero-order chi connectivity index (χ0) is 17.9. The molecule has 1 rings (SSSR count). The quantitative estimate of drug-likeness (QED) is 0.486. The predicted molar refractivity (Wildman–Crippen MR) is 94.1 cm³/mol. The molecule has 5 heteroatoms. The molecule has 0 aliphatic heterocycles. The smallest absolute Gasteiger partial charge is 0.307 e. The van der Waals surface area contributed by atoms with Crippen LogP contribution in [0.25, 0.3) is 0 Å². The molecule has 1 aromatic rings. The fourth-order valence-electron chi connectivity index (χ4n) is 2.35. The van der Waals surface area contributed by atoms with Crippen LogP contribution in [0, 0.1) is 13.8 Å². The van der Waals surface area contributed by atoms with Crippen molar-refractivity contribution in [3.63, 3.8) is 0 Å². The van der Waals surface area contributed by atoms with E-state index in [9.17, 15) is 9.59 Å². The lowest BCUT2D eigenvalue weighted by molar-refractivity contribution is -0.142. The Morgan fingerprint density at radius 3 is 2.54 bits per heavy atom. The van der Waals surface area contributed by atoms with Gasteiger partial charge in [-0.3, -0.25) is 9.59 Å². The van der Waals surface area contributed by atoms with E-state index in [0.29, 0.717) is 13.1 Å². The van der Waals surface area contributed by atoms with Crippen LogP contribution in [0.4, 0.5) is 0 Å². The van der Waals surface area contributed by atoms with E-state index in [1.165, 1.54) is 7.11 Å². The molecule has 0 bridgehead atoms. The summed E-state index contributed by atoms with van der Waals surface area (Å²) < 4.78 is 10.3. The van der Waals surface area contributed by atoms with Gasteiger partial charge in [-0.2, -0.15) is 0 Å². The first-order valence-electron chi connectivity index (χ1n) is 8.53. The van der Waals surface area contributed by atoms with Crippen molar-refractivity contribution < 1.29 is 19.1 Å². The number of esters is 1. The Bertz CT molecular complexity index is 542. The van der Waals surface area contributed by atoms with Crippen molar-refractivity contribution in [1.82, 2.24) is 4.90 Å². The molecule has 5 nitrogen and oxygen atoms in total. The van der Waals surface area contributed by atoms with Crippen LogP contribution in [0.15, 0.2) is 18.2 Å². The maximum atomic E-state index is 12.5. The zero-order valence-corrected chi connectivity index (χ0v) is 15.3. The molecule has 0 radical (unpaired) electrons. The van der Waals surface area contributed by atoms with Crippen molar-refractivity contribution >= 4 is 11.9 Å². The minimum atomic E-state index is -0.307. The average molecular weight is 335 g/mol. The molecule has 0 spiro atoms. The van der Waals surface area contributed by atoms with Gasteiger partial charge < -0.3 is 14.4 Å². The van der Waals surface area contributed by atoms with Crippen molar-refractivity contribution in [3.05, 3.63) is 29.3 Å². The Labute approximate surface area is 144 Å². The molecule has 134 valence electrons. The first-order valence-corrected chi connectivity index (χ1v) is 8.53. The van der Waals surface area contributed by atoms with Gasteiger partial charge in [0.15, 0.2) is 6.61 Å². The van der Waals surface area contributed by atoms with Gasteiger partial charge in [-0.05, 0) is 37.5 Å². The lowest BCUT2D eigenvalue weighted by Gasteiger charge is -2.22. The van der Waals surface area contributed by atoms with Crippen LogP contribution in [0.5, 0.6) is 5.75 Å². The van der Waals surface area contributed by atoms with Gasteiger partial charge in [0, 0.05) is 13.1 Å². The average Bonchev–Trinajstić information content (AvgIpc) is 2.58. The highest BCUT2D eigenvalue weighted by Crippen LogP contribution is 2.20. The van der Waals surface area contributed by atoms with E-state index in [0.717, 1.165) is 36.1 Å². The van der Waals surface area contributed by atoms with E-state index < -0.39 is 0 Å². The first kappa shape index (κ1) is 20.0. The number of hydrogen-bond donors (Lipinski definition) is 0. The molecule has 0 aliphatic rings. The Kier molecular flexibility index (Phi) is 8.90. The molecule has 1 aromatic carbocycles. The van der Waals surface area contributed by atoms with Crippen molar-refractivity contribution in [1.29, 1.82) is 0 Å². The molecule has 0 unspecified atom stereocenters. The summed E-state index contributed by atoms with van der Waals surface area (Å²) in [6.07, 6.45) is 3.27. The Morgan fingerprint density at radius 2 is 1.88 bits per heavy atom. The van der Waals surface area contributed by atoms with Gasteiger partial charge in [-0.15, -0.1) is 0 Å². The highest BCUT2D eigenvalue weighted by Gasteiger charge is 2.16. The Morgan fingerprint density at radius 1 is 1.12 bits per heavy atom. The molecular formula is C19H29NO4. The van der Waals surface area contributed by atoms with Gasteiger partial charge in [-0.25, -0.2) is 0 Å². The molecule has 0 saturated heterocycles. The van der Waals surface area contributed by atoms with Crippen molar-refractivity contribution in [2.45, 2.75) is 46.5 Å². The number of aryl methyl sites for hydroxylation is 1. The molecule has 0 atom stereocenters. The summed E-state index contributed by atoms with van der Waals surface area (Å²) in [4.78, 5) is 25.5. The molecule has 0 fully saturated rings. The predicted octanol–water partition coefficient (Wildman–Crippen LogP) is 3.26. The van der Waals surface area contributed by atoms with Crippen LogP contribution in [0.3, 0.4) is 0 Å². The number of rotatable bonds is 10. The minimum absolute atomic E-state index is 0.0163. The highest BCUT2D eigenvalue weighted by atomic mass is 16.5. The summed E-state index contributed by atoms with van der Waals surface area (Å²) in [5, 5.41) is 0. The van der Waals surface area contributed by atoms with Gasteiger partial charge in [0.1, 0.15) is 5.75 Å². The fourth-order valence-corrected chi connectivity index (χ4v) is 2.35. The highest BCUT2D eigenvalue weighted by molar-refractivity contribution is 5.78. The minimum Gasteiger partial charge on any atom is -0.483 e. The number of amides is 1. The summed E-state index contributed by atoms with van der Waals surface area (Å²) >= 11 is 0. The number of nitrogens with zero attached hydrogens (tertiary/aromatic N) is 1. The summed E-state index contributed by atoms with van der Waals surface area (Å²) in [5.41, 5.74) is 2.17. The number of carbonyl (C=O) groups is 2. The van der Waals surface area contributed by atoms with Gasteiger partial charge in [-0.1, -0.05) is 31.9 Å². The second-order valence-electron chi connectivity index (χ2n) is 5.90. The molecule has 0 aliphatic carbocycles. The zero-order valence-electron chi connectivity index (χ0n) is 15.3. The van der Waals surface area contributed by atoms with Gasteiger partial charge in [0.25, 0.3) is 5.91 Å². The summed E-state index contributed by atoms with van der Waals surface area (Å²) in [6, 6.07) is 5.79. The molecule has 0 saturated carbocycles. The monoisotopic (exact) mass is 335 g/mol. The molecule has 24 heavy (non-hydrogen) atoms. The van der Waals surface area contributed by atoms with Crippen LogP contribution < -0.4 is 4.74 Å². The van der Waals surface area contributed by atoms with Crippen molar-refractivity contribution in [3.8, 4) is 5.75 Å². The van der Waals surface area contributed by atoms with Crippen LogP contribution in [0.1, 0.15) is 43.7 Å². The second kappa shape index (κ2) is 10.7. The summed E-state index contributed by atoms with van der Waals surface area (Å²) in [5.74, 6) is 0.319. The molecule has 0 heterocycles. The lowest BCUT2D eigenvalue weighted by Crippen LogP contribution is -2.37. The molecule has 1 amide bonds. The SMILES string of the molecule is CCCCCN(CCC(=O)OC)C(=O)COc1cccc(C)c1C. The third kappa shape index (κ3) is 6.60. The number of methoxy groups -OCH3 is 1. The van der Waals surface area contributed by atoms with Crippen LogP contribution in [-0.2, 0) is 14.3 Å². The number of ether oxygens (including phenoxy) is 2. The normalized spacial score (nSPS) is 10.3. The molecule has 0 aromatic heterocycles. The van der Waals surface area contributed by atoms with Crippen molar-refractivity contribution in [2.24, 2.45) is 0 Å². The number of hydrogen-bond acceptors (Lipinski definition) is 4. The fraction of sp³-hybridized carbons (Fsp3) is 0.579. The maximum absolute atomic E-state index is 12.5. The number of unbranched alkanes of at least 4 members (excludes halogenated alkanes) is 2. The van der Waals surface area contributed by atoms with Gasteiger partial charge in [0.2, 0.25) is 0 Å². The van der Waals surface area contributed by atoms with E-state index in [2.05, 4.69) is 11.7 Å². The lowest BCUT2D eigenvalue weighted by atomic mass is 10.1. The van der Waals surface area contributed by atoms with E-state index in [-0.39, 0.29) is 24.9 Å². The van der Waals surface area contributed by atoms with Crippen LogP contribution >= 0.6 is 0 Å². The number of carbonyl (C=O) groups excluding carboxylic acids is 2. The third-order valence-electron chi connectivity index (χ3n) is 4.10. The topological polar surface area (TPSA) is 55.8 Å². The van der Waals surface area contributed by atoms with E-state index in [1.54, 1.807) is 4.90 Å². The first-order chi connectivity index (χ1) is 11.5. The van der Waals surface area contributed by atoms with E-state index >= 15 is 0 Å². The summed E-state index contributed by atoms with van der Waals surface area (Å²) in [7, 11) is 1.36. The van der Waals surface area contributed by atoms with Gasteiger partial charge >= 0.3 is 5.97 Å². The summed E-state index contributed by atoms with van der Waals surface area (Å²) in [6.45, 7) is 7.09. The second-order valence-corrected chi connectivity index (χ2v) is 5.90. The maximum Gasteiger partial charge on any atom is 0.307 e.